The molecule has 0 aliphatic heterocycles. The van der Waals surface area contributed by atoms with Crippen LogP contribution >= 0.6 is 34.8 Å². The molecule has 0 fully saturated rings. The monoisotopic (exact) mass is 291 g/mol. The van der Waals surface area contributed by atoms with Crippen LogP contribution < -0.4 is 5.43 Å². The first-order valence-corrected chi connectivity index (χ1v) is 5.66. The number of pyridine rings is 1. The van der Waals surface area contributed by atoms with Gasteiger partial charge in [0.25, 0.3) is 0 Å². The van der Waals surface area contributed by atoms with Crippen LogP contribution in [0.5, 0.6) is 0 Å². The summed E-state index contributed by atoms with van der Waals surface area (Å²) in [5.41, 5.74) is -0.306. The van der Waals surface area contributed by atoms with Crippen molar-refractivity contribution >= 4 is 34.8 Å². The second-order valence-electron chi connectivity index (χ2n) is 3.27. The quantitative estimate of drug-likeness (QED) is 0.787. The van der Waals surface area contributed by atoms with Gasteiger partial charge in [0.15, 0.2) is 5.82 Å². The van der Waals surface area contributed by atoms with E-state index in [0.717, 1.165) is 6.20 Å². The van der Waals surface area contributed by atoms with Gasteiger partial charge in [-0.25, -0.2) is 4.39 Å². The fourth-order valence-electron chi connectivity index (χ4n) is 1.39. The first-order valence-electron chi connectivity index (χ1n) is 4.53. The van der Waals surface area contributed by atoms with Gasteiger partial charge in [0.2, 0.25) is 5.43 Å². The van der Waals surface area contributed by atoms with Crippen molar-refractivity contribution in [3.63, 3.8) is 0 Å². The minimum absolute atomic E-state index is 0.105. The van der Waals surface area contributed by atoms with E-state index in [1.807, 2.05) is 0 Å². The van der Waals surface area contributed by atoms with Crippen molar-refractivity contribution < 1.29 is 4.39 Å². The van der Waals surface area contributed by atoms with Crippen LogP contribution in [0.2, 0.25) is 15.1 Å². The Bertz CT molecular complexity index is 639. The highest BCUT2D eigenvalue weighted by Crippen LogP contribution is 2.36. The zero-order valence-corrected chi connectivity index (χ0v) is 10.5. The molecule has 0 radical (unpaired) electrons. The van der Waals surface area contributed by atoms with Crippen LogP contribution in [0.15, 0.2) is 29.3 Å². The number of aromatic nitrogens is 1. The maximum Gasteiger partial charge on any atom is 0.224 e. The van der Waals surface area contributed by atoms with Crippen LogP contribution in [0.3, 0.4) is 0 Å². The van der Waals surface area contributed by atoms with Crippen LogP contribution in [-0.4, -0.2) is 4.98 Å². The molecule has 2 nitrogen and oxygen atoms in total. The van der Waals surface area contributed by atoms with E-state index < -0.39 is 11.2 Å². The molecule has 88 valence electrons. The van der Waals surface area contributed by atoms with Gasteiger partial charge in [-0.15, -0.1) is 0 Å². The van der Waals surface area contributed by atoms with Crippen LogP contribution in [0.25, 0.3) is 11.1 Å². The lowest BCUT2D eigenvalue weighted by molar-refractivity contribution is 0.612. The highest BCUT2D eigenvalue weighted by molar-refractivity contribution is 6.49. The maximum absolute atomic E-state index is 13.1. The Kier molecular flexibility index (Phi) is 3.43. The van der Waals surface area contributed by atoms with E-state index in [4.69, 9.17) is 34.8 Å². The SMILES string of the molecule is O=c1c(F)c[nH]cc1-c1ccc(Cl)c(Cl)c1Cl. The van der Waals surface area contributed by atoms with Crippen LogP contribution in [-0.2, 0) is 0 Å². The lowest BCUT2D eigenvalue weighted by atomic mass is 10.1. The molecule has 1 aromatic heterocycles. The fourth-order valence-corrected chi connectivity index (χ4v) is 2.03. The van der Waals surface area contributed by atoms with Crippen molar-refractivity contribution in [2.45, 2.75) is 0 Å². The Morgan fingerprint density at radius 3 is 2.41 bits per heavy atom. The van der Waals surface area contributed by atoms with Crippen molar-refractivity contribution in [1.29, 1.82) is 0 Å². The predicted octanol–water partition coefficient (Wildman–Crippen LogP) is 4.14. The number of H-pyrrole nitrogens is 1. The number of rotatable bonds is 1. The van der Waals surface area contributed by atoms with Gasteiger partial charge in [-0.3, -0.25) is 4.79 Å². The summed E-state index contributed by atoms with van der Waals surface area (Å²) in [6.45, 7) is 0. The molecule has 0 atom stereocenters. The third kappa shape index (κ3) is 2.18. The third-order valence-corrected chi connectivity index (χ3v) is 3.52. The summed E-state index contributed by atoms with van der Waals surface area (Å²) in [4.78, 5) is 14.1. The van der Waals surface area contributed by atoms with Crippen molar-refractivity contribution in [3.05, 3.63) is 55.6 Å². The second kappa shape index (κ2) is 4.69. The molecule has 0 amide bonds. The largest absolute Gasteiger partial charge is 0.364 e. The Labute approximate surface area is 111 Å². The molecule has 2 aromatic rings. The summed E-state index contributed by atoms with van der Waals surface area (Å²) in [7, 11) is 0. The van der Waals surface area contributed by atoms with Crippen molar-refractivity contribution in [2.75, 3.05) is 0 Å². The molecule has 1 heterocycles. The topological polar surface area (TPSA) is 32.9 Å². The van der Waals surface area contributed by atoms with Crippen LogP contribution in [0.1, 0.15) is 0 Å². The molecule has 1 N–H and O–H groups in total. The molecular formula is C11H5Cl3FNO. The van der Waals surface area contributed by atoms with Gasteiger partial charge in [-0.1, -0.05) is 40.9 Å². The molecule has 0 aliphatic carbocycles. The average molecular weight is 293 g/mol. The van der Waals surface area contributed by atoms with Crippen molar-refractivity contribution in [3.8, 4) is 11.1 Å². The molecule has 0 saturated heterocycles. The Morgan fingerprint density at radius 2 is 1.71 bits per heavy atom. The maximum atomic E-state index is 13.1. The number of halogens is 4. The van der Waals surface area contributed by atoms with E-state index >= 15 is 0 Å². The van der Waals surface area contributed by atoms with Gasteiger partial charge in [0.1, 0.15) is 0 Å². The summed E-state index contributed by atoms with van der Waals surface area (Å²) in [6, 6.07) is 3.01. The molecule has 0 unspecified atom stereocenters. The summed E-state index contributed by atoms with van der Waals surface area (Å²) >= 11 is 17.6. The van der Waals surface area contributed by atoms with Crippen molar-refractivity contribution in [2.24, 2.45) is 0 Å². The first-order chi connectivity index (χ1) is 8.02. The molecule has 0 aliphatic rings. The van der Waals surface area contributed by atoms with Crippen LogP contribution in [0.4, 0.5) is 4.39 Å². The summed E-state index contributed by atoms with van der Waals surface area (Å²) in [6.07, 6.45) is 2.33. The minimum Gasteiger partial charge on any atom is -0.364 e. The van der Waals surface area contributed by atoms with Gasteiger partial charge in [-0.05, 0) is 6.07 Å². The van der Waals surface area contributed by atoms with Gasteiger partial charge in [0, 0.05) is 23.5 Å². The molecule has 1 aromatic carbocycles. The van der Waals surface area contributed by atoms with Gasteiger partial charge >= 0.3 is 0 Å². The molecule has 0 saturated carbocycles. The van der Waals surface area contributed by atoms with Gasteiger partial charge in [0.05, 0.1) is 15.1 Å². The second-order valence-corrected chi connectivity index (χ2v) is 4.43. The molecule has 0 spiro atoms. The van der Waals surface area contributed by atoms with E-state index in [2.05, 4.69) is 4.98 Å². The van der Waals surface area contributed by atoms with E-state index in [-0.39, 0.29) is 20.6 Å². The van der Waals surface area contributed by atoms with E-state index in [0.29, 0.717) is 5.56 Å². The van der Waals surface area contributed by atoms with Crippen LogP contribution in [0, 0.1) is 5.82 Å². The Morgan fingerprint density at radius 1 is 1.00 bits per heavy atom. The highest BCUT2D eigenvalue weighted by atomic mass is 35.5. The standard InChI is InChI=1S/C11H5Cl3FNO/c12-7-2-1-5(9(13)10(7)14)6-3-16-4-8(15)11(6)17/h1-4H,(H,16,17). The van der Waals surface area contributed by atoms with E-state index in [1.54, 1.807) is 0 Å². The van der Waals surface area contributed by atoms with E-state index in [9.17, 15) is 9.18 Å². The summed E-state index contributed by atoms with van der Waals surface area (Å²) in [5.74, 6) is -0.885. The molecule has 0 bridgehead atoms. The smallest absolute Gasteiger partial charge is 0.224 e. The number of aromatic amines is 1. The summed E-state index contributed by atoms with van der Waals surface area (Å²) < 4.78 is 13.1. The lowest BCUT2D eigenvalue weighted by Gasteiger charge is -2.06. The third-order valence-electron chi connectivity index (χ3n) is 2.22. The lowest BCUT2D eigenvalue weighted by Crippen LogP contribution is -2.09. The molecular weight excluding hydrogens is 287 g/mol. The van der Waals surface area contributed by atoms with Crippen molar-refractivity contribution in [1.82, 2.24) is 4.98 Å². The fraction of sp³-hybridized carbons (Fsp3) is 0. The average Bonchev–Trinajstić information content (AvgIpc) is 2.31. The molecule has 17 heavy (non-hydrogen) atoms. The number of hydrogen-bond acceptors (Lipinski definition) is 1. The molecule has 6 heteroatoms. The number of benzene rings is 1. The van der Waals surface area contributed by atoms with Gasteiger partial charge in [-0.2, -0.15) is 0 Å². The normalized spacial score (nSPS) is 10.6. The van der Waals surface area contributed by atoms with E-state index in [1.165, 1.54) is 18.3 Å². The highest BCUT2D eigenvalue weighted by Gasteiger charge is 2.14. The van der Waals surface area contributed by atoms with Gasteiger partial charge < -0.3 is 4.98 Å². The Hall–Kier alpha value is -1.03. The first kappa shape index (κ1) is 12.4. The molecule has 2 rings (SSSR count). The number of nitrogens with one attached hydrogen (secondary N) is 1. The Balaban J connectivity index is 2.74. The minimum atomic E-state index is -0.885. The number of hydrogen-bond donors (Lipinski definition) is 1. The zero-order valence-electron chi connectivity index (χ0n) is 8.23. The zero-order chi connectivity index (χ0) is 12.6. The summed E-state index contributed by atoms with van der Waals surface area (Å²) in [5, 5.41) is 0.526. The predicted molar refractivity (Wildman–Crippen MR) is 67.5 cm³/mol.